The molecule has 2 fully saturated rings. The van der Waals surface area contributed by atoms with Gasteiger partial charge in [0.25, 0.3) is 11.8 Å². The number of aliphatic hydroxyl groups excluding tert-OH is 2. The van der Waals surface area contributed by atoms with Gasteiger partial charge >= 0.3 is 0 Å². The molecule has 0 aliphatic carbocycles. The summed E-state index contributed by atoms with van der Waals surface area (Å²) in [5.41, 5.74) is 3.61. The summed E-state index contributed by atoms with van der Waals surface area (Å²) in [6.45, 7) is 1.61. The number of amides is 2. The number of pyridine rings is 4. The van der Waals surface area contributed by atoms with Gasteiger partial charge in [-0.2, -0.15) is 0 Å². The lowest BCUT2D eigenvalue weighted by molar-refractivity contribution is 0.0754. The summed E-state index contributed by atoms with van der Waals surface area (Å²) in [7, 11) is 0. The molecule has 2 saturated heterocycles. The first-order valence-electron chi connectivity index (χ1n) is 16.4. The van der Waals surface area contributed by atoms with Crippen LogP contribution < -0.4 is 0 Å². The predicted molar refractivity (Wildman–Crippen MR) is 193 cm³/mol. The van der Waals surface area contributed by atoms with Crippen molar-refractivity contribution in [3.05, 3.63) is 119 Å². The van der Waals surface area contributed by atoms with Crippen LogP contribution in [0.3, 0.4) is 0 Å². The van der Waals surface area contributed by atoms with E-state index in [-0.39, 0.29) is 28.2 Å². The SMILES string of the molecule is O=C(c1ccc2cncc(-c3ccc(Cl)c(F)c3)c2n1)N1CCC(O)C1.O=C(c1ccc2cncc(-c3ccc(Cl)cc3F)c2n1)N1CCC(O)C1. The van der Waals surface area contributed by atoms with Crippen molar-refractivity contribution in [2.75, 3.05) is 26.2 Å². The Labute approximate surface area is 306 Å². The van der Waals surface area contributed by atoms with Crippen molar-refractivity contribution in [2.45, 2.75) is 25.0 Å². The summed E-state index contributed by atoms with van der Waals surface area (Å²) in [6.07, 6.45) is 6.52. The monoisotopic (exact) mass is 742 g/mol. The fourth-order valence-corrected chi connectivity index (χ4v) is 6.56. The number of hydrogen-bond donors (Lipinski definition) is 2. The minimum atomic E-state index is -0.528. The number of rotatable bonds is 4. The first-order valence-corrected chi connectivity index (χ1v) is 17.2. The number of fused-ring (bicyclic) bond motifs is 2. The van der Waals surface area contributed by atoms with Gasteiger partial charge in [-0.15, -0.1) is 0 Å². The molecular weight excluding hydrogens is 713 g/mol. The van der Waals surface area contributed by atoms with Crippen LogP contribution in [-0.4, -0.2) is 90.2 Å². The summed E-state index contributed by atoms with van der Waals surface area (Å²) in [4.78, 5) is 45.7. The highest BCUT2D eigenvalue weighted by atomic mass is 35.5. The van der Waals surface area contributed by atoms with E-state index in [1.807, 2.05) is 0 Å². The molecular formula is C38H30Cl2F2N6O4. The quantitative estimate of drug-likeness (QED) is 0.207. The maximum Gasteiger partial charge on any atom is 0.272 e. The van der Waals surface area contributed by atoms with E-state index in [2.05, 4.69) is 19.9 Å². The zero-order valence-electron chi connectivity index (χ0n) is 27.4. The second kappa shape index (κ2) is 14.8. The van der Waals surface area contributed by atoms with Crippen molar-refractivity contribution in [3.63, 3.8) is 0 Å². The number of carbonyl (C=O) groups is 2. The molecule has 264 valence electrons. The van der Waals surface area contributed by atoms with Crippen LogP contribution in [0, 0.1) is 11.6 Å². The maximum absolute atomic E-state index is 14.4. The highest BCUT2D eigenvalue weighted by molar-refractivity contribution is 6.31. The third-order valence-corrected chi connectivity index (χ3v) is 9.53. The topological polar surface area (TPSA) is 133 Å². The van der Waals surface area contributed by atoms with Gasteiger partial charge in [-0.25, -0.2) is 18.7 Å². The number of β-amino-alcohol motifs (C(OH)–C–C–N with tert-alkyl or cyclic N) is 2. The number of likely N-dealkylation sites (tertiary alicyclic amines) is 2. The van der Waals surface area contributed by atoms with Crippen LogP contribution in [0.4, 0.5) is 8.78 Å². The molecule has 0 radical (unpaired) electrons. The highest BCUT2D eigenvalue weighted by Crippen LogP contribution is 2.31. The van der Waals surface area contributed by atoms with Gasteiger partial charge in [-0.3, -0.25) is 19.6 Å². The Morgan fingerprint density at radius 3 is 1.73 bits per heavy atom. The summed E-state index contributed by atoms with van der Waals surface area (Å²) >= 11 is 11.6. The molecule has 10 nitrogen and oxygen atoms in total. The highest BCUT2D eigenvalue weighted by Gasteiger charge is 2.28. The molecule has 8 rings (SSSR count). The minimum absolute atomic E-state index is 0.0402. The predicted octanol–water partition coefficient (Wildman–Crippen LogP) is 6.59. The van der Waals surface area contributed by atoms with Gasteiger partial charge in [0.2, 0.25) is 0 Å². The summed E-state index contributed by atoms with van der Waals surface area (Å²) in [6, 6.07) is 15.7. The van der Waals surface area contributed by atoms with Gasteiger partial charge < -0.3 is 20.0 Å². The third-order valence-electron chi connectivity index (χ3n) is 8.99. The Morgan fingerprint density at radius 1 is 0.654 bits per heavy atom. The smallest absolute Gasteiger partial charge is 0.272 e. The molecule has 6 aromatic rings. The first kappa shape index (κ1) is 35.3. The Hall–Kier alpha value is -5.14. The van der Waals surface area contributed by atoms with Crippen LogP contribution in [0.1, 0.15) is 33.8 Å². The van der Waals surface area contributed by atoms with Crippen LogP contribution in [0.2, 0.25) is 10.0 Å². The van der Waals surface area contributed by atoms with E-state index in [1.54, 1.807) is 70.9 Å². The average Bonchev–Trinajstić information content (AvgIpc) is 3.79. The van der Waals surface area contributed by atoms with E-state index in [9.17, 15) is 28.6 Å². The van der Waals surface area contributed by atoms with Crippen molar-refractivity contribution in [1.29, 1.82) is 0 Å². The summed E-state index contributed by atoms with van der Waals surface area (Å²) in [5.74, 6) is -1.48. The van der Waals surface area contributed by atoms with Crippen LogP contribution in [0.5, 0.6) is 0 Å². The molecule has 14 heteroatoms. The molecule has 0 saturated carbocycles. The number of halogens is 4. The second-order valence-electron chi connectivity index (χ2n) is 12.6. The lowest BCUT2D eigenvalue weighted by Gasteiger charge is -2.15. The summed E-state index contributed by atoms with van der Waals surface area (Å²) < 4.78 is 28.2. The average molecular weight is 744 g/mol. The molecule has 52 heavy (non-hydrogen) atoms. The maximum atomic E-state index is 14.4. The van der Waals surface area contributed by atoms with Gasteiger partial charge in [-0.1, -0.05) is 29.3 Å². The zero-order chi connectivity index (χ0) is 36.5. The molecule has 2 aromatic carbocycles. The second-order valence-corrected chi connectivity index (χ2v) is 13.4. The van der Waals surface area contributed by atoms with E-state index in [0.717, 1.165) is 5.39 Å². The van der Waals surface area contributed by atoms with E-state index in [1.165, 1.54) is 24.4 Å². The standard InChI is InChI=1S/2C19H15ClFN3O2/c20-12-2-3-14(16(21)7-12)15-9-22-8-11-1-4-17(23-18(11)15)19(26)24-6-5-13(25)10-24;20-15-3-1-11(7-16(15)21)14-9-22-8-12-2-4-17(23-18(12)14)19(26)24-6-5-13(25)10-24/h2*1-4,7-9,13,25H,5-6,10H2. The van der Waals surface area contributed by atoms with E-state index >= 15 is 0 Å². The van der Waals surface area contributed by atoms with Gasteiger partial charge in [0.05, 0.1) is 28.3 Å². The number of carbonyl (C=O) groups excluding carboxylic acids is 2. The molecule has 2 unspecified atom stereocenters. The Bertz CT molecular complexity index is 2350. The molecule has 2 atom stereocenters. The van der Waals surface area contributed by atoms with Crippen LogP contribution >= 0.6 is 23.2 Å². The number of benzene rings is 2. The number of nitrogens with zero attached hydrogens (tertiary/aromatic N) is 6. The van der Waals surface area contributed by atoms with Crippen molar-refractivity contribution in [2.24, 2.45) is 0 Å². The number of hydrogen-bond acceptors (Lipinski definition) is 8. The molecule has 2 aliphatic rings. The summed E-state index contributed by atoms with van der Waals surface area (Å²) in [5, 5.41) is 21.1. The minimum Gasteiger partial charge on any atom is -0.391 e. The van der Waals surface area contributed by atoms with Crippen molar-refractivity contribution >= 4 is 56.8 Å². The fourth-order valence-electron chi connectivity index (χ4n) is 6.28. The number of aliphatic hydroxyl groups is 2. The zero-order valence-corrected chi connectivity index (χ0v) is 28.9. The van der Waals surface area contributed by atoms with Crippen molar-refractivity contribution in [3.8, 4) is 22.3 Å². The van der Waals surface area contributed by atoms with E-state index < -0.39 is 23.8 Å². The normalized spacial score (nSPS) is 17.0. The van der Waals surface area contributed by atoms with Gasteiger partial charge in [0.1, 0.15) is 23.0 Å². The first-order chi connectivity index (χ1) is 25.0. The number of aromatic nitrogens is 4. The Balaban J connectivity index is 0.000000162. The molecule has 2 aliphatic heterocycles. The molecule has 0 spiro atoms. The van der Waals surface area contributed by atoms with E-state index in [4.69, 9.17) is 23.2 Å². The molecule has 2 amide bonds. The van der Waals surface area contributed by atoms with Gasteiger partial charge in [-0.05, 0) is 73.0 Å². The van der Waals surface area contributed by atoms with Crippen molar-refractivity contribution < 1.29 is 28.6 Å². The van der Waals surface area contributed by atoms with Crippen LogP contribution in [-0.2, 0) is 0 Å². The lowest BCUT2D eigenvalue weighted by Crippen LogP contribution is -2.30. The Morgan fingerprint density at radius 2 is 1.21 bits per heavy atom. The van der Waals surface area contributed by atoms with Gasteiger partial charge in [0, 0.05) is 83.5 Å². The van der Waals surface area contributed by atoms with Gasteiger partial charge in [0.15, 0.2) is 0 Å². The molecule has 6 heterocycles. The molecule has 0 bridgehead atoms. The van der Waals surface area contributed by atoms with E-state index in [0.29, 0.717) is 82.7 Å². The van der Waals surface area contributed by atoms with Crippen LogP contribution in [0.25, 0.3) is 44.1 Å². The Kier molecular flexibility index (Phi) is 10.1. The molecule has 4 aromatic heterocycles. The van der Waals surface area contributed by atoms with Crippen molar-refractivity contribution in [1.82, 2.24) is 29.7 Å². The largest absolute Gasteiger partial charge is 0.391 e. The third kappa shape index (κ3) is 7.28. The fraction of sp³-hybridized carbons (Fsp3) is 0.211. The lowest BCUT2D eigenvalue weighted by atomic mass is 10.0. The molecule has 2 N–H and O–H groups in total. The van der Waals surface area contributed by atoms with Crippen LogP contribution in [0.15, 0.2) is 85.5 Å².